The van der Waals surface area contributed by atoms with Crippen molar-refractivity contribution in [3.05, 3.63) is 17.7 Å². The molecule has 4 heteroatoms. The molecule has 0 saturated heterocycles. The second kappa shape index (κ2) is 8.46. The third kappa shape index (κ3) is 4.44. The molecule has 1 rings (SSSR count). The Morgan fingerprint density at radius 3 is 2.40 bits per heavy atom. The Labute approximate surface area is 120 Å². The van der Waals surface area contributed by atoms with Gasteiger partial charge in [-0.3, -0.25) is 4.79 Å². The fraction of sp³-hybridized carbons (Fsp3) is 0.562. The second-order valence-electron chi connectivity index (χ2n) is 4.81. The number of phenolic OH excluding ortho intramolecular Hbond substituents is 1. The summed E-state index contributed by atoms with van der Waals surface area (Å²) in [6.45, 7) is 2.16. The number of carbonyl (C=O) groups is 1. The van der Waals surface area contributed by atoms with E-state index in [1.807, 2.05) is 0 Å². The Balaban J connectivity index is 2.72. The maximum absolute atomic E-state index is 12.2. The summed E-state index contributed by atoms with van der Waals surface area (Å²) in [6.07, 6.45) is 5.84. The molecule has 0 bridgehead atoms. The summed E-state index contributed by atoms with van der Waals surface area (Å²) in [5, 5.41) is 9.96. The molecule has 20 heavy (non-hydrogen) atoms. The molecule has 0 fully saturated rings. The van der Waals surface area contributed by atoms with Gasteiger partial charge in [0.05, 0.1) is 14.2 Å². The predicted molar refractivity (Wildman–Crippen MR) is 78.9 cm³/mol. The van der Waals surface area contributed by atoms with Gasteiger partial charge in [0.1, 0.15) is 22.8 Å². The Kier molecular flexibility index (Phi) is 6.91. The number of Topliss-reactive ketones (excluding diaryl/α,β-unsaturated/α-hetero) is 1. The lowest BCUT2D eigenvalue weighted by Crippen LogP contribution is -2.03. The average Bonchev–Trinajstić information content (AvgIpc) is 2.45. The van der Waals surface area contributed by atoms with Crippen molar-refractivity contribution < 1.29 is 19.4 Å². The largest absolute Gasteiger partial charge is 0.507 e. The topological polar surface area (TPSA) is 55.8 Å². The van der Waals surface area contributed by atoms with Crippen LogP contribution in [0.1, 0.15) is 55.8 Å². The quantitative estimate of drug-likeness (QED) is 0.549. The number of hydrogen-bond donors (Lipinski definition) is 1. The molecule has 0 aliphatic carbocycles. The molecule has 0 atom stereocenters. The van der Waals surface area contributed by atoms with Crippen LogP contribution in [0.3, 0.4) is 0 Å². The summed E-state index contributed by atoms with van der Waals surface area (Å²) in [5.41, 5.74) is 0.254. The van der Waals surface area contributed by atoms with Crippen LogP contribution in [-0.4, -0.2) is 25.1 Å². The lowest BCUT2D eigenvalue weighted by molar-refractivity contribution is 0.0973. The first-order valence-electron chi connectivity index (χ1n) is 7.12. The van der Waals surface area contributed by atoms with Crippen LogP contribution in [0.25, 0.3) is 0 Å². The predicted octanol–water partition coefficient (Wildman–Crippen LogP) is 3.95. The highest BCUT2D eigenvalue weighted by atomic mass is 16.5. The van der Waals surface area contributed by atoms with E-state index in [-0.39, 0.29) is 17.1 Å². The third-order valence-corrected chi connectivity index (χ3v) is 3.30. The molecule has 1 N–H and O–H groups in total. The van der Waals surface area contributed by atoms with E-state index in [2.05, 4.69) is 6.92 Å². The van der Waals surface area contributed by atoms with Crippen molar-refractivity contribution in [2.45, 2.75) is 45.4 Å². The van der Waals surface area contributed by atoms with Crippen LogP contribution >= 0.6 is 0 Å². The molecule has 0 radical (unpaired) electrons. The monoisotopic (exact) mass is 280 g/mol. The molecule has 0 amide bonds. The van der Waals surface area contributed by atoms with E-state index < -0.39 is 0 Å². The highest BCUT2D eigenvalue weighted by molar-refractivity contribution is 6.01. The fourth-order valence-electron chi connectivity index (χ4n) is 2.15. The van der Waals surface area contributed by atoms with Crippen molar-refractivity contribution in [1.29, 1.82) is 0 Å². The van der Waals surface area contributed by atoms with E-state index in [0.29, 0.717) is 17.9 Å². The molecule has 0 spiro atoms. The van der Waals surface area contributed by atoms with Gasteiger partial charge in [-0.25, -0.2) is 0 Å². The first-order valence-corrected chi connectivity index (χ1v) is 7.12. The summed E-state index contributed by atoms with van der Waals surface area (Å²) in [6, 6.07) is 3.05. The molecule has 0 aliphatic rings. The molecule has 1 aromatic carbocycles. The van der Waals surface area contributed by atoms with Crippen molar-refractivity contribution in [3.8, 4) is 17.2 Å². The molecule has 0 heterocycles. The number of benzene rings is 1. The number of carbonyl (C=O) groups excluding carboxylic acids is 1. The van der Waals surface area contributed by atoms with Crippen molar-refractivity contribution in [1.82, 2.24) is 0 Å². The number of ketones is 1. The Morgan fingerprint density at radius 1 is 1.10 bits per heavy atom. The first kappa shape index (κ1) is 16.3. The Hall–Kier alpha value is -1.71. The second-order valence-corrected chi connectivity index (χ2v) is 4.81. The summed E-state index contributed by atoms with van der Waals surface area (Å²) in [7, 11) is 2.98. The zero-order chi connectivity index (χ0) is 15.0. The van der Waals surface area contributed by atoms with E-state index in [1.165, 1.54) is 33.1 Å². The van der Waals surface area contributed by atoms with Crippen LogP contribution in [0.5, 0.6) is 17.2 Å². The van der Waals surface area contributed by atoms with Gasteiger partial charge in [0, 0.05) is 18.6 Å². The number of phenols is 1. The minimum Gasteiger partial charge on any atom is -0.507 e. The molecular weight excluding hydrogens is 256 g/mol. The van der Waals surface area contributed by atoms with E-state index >= 15 is 0 Å². The highest BCUT2D eigenvalue weighted by Gasteiger charge is 2.18. The van der Waals surface area contributed by atoms with Crippen molar-refractivity contribution >= 4 is 5.78 Å². The van der Waals surface area contributed by atoms with Gasteiger partial charge in [0.15, 0.2) is 5.78 Å². The maximum atomic E-state index is 12.2. The minimum atomic E-state index is -0.0847. The van der Waals surface area contributed by atoms with E-state index in [1.54, 1.807) is 6.07 Å². The van der Waals surface area contributed by atoms with Gasteiger partial charge in [-0.15, -0.1) is 0 Å². The average molecular weight is 280 g/mol. The number of methoxy groups -OCH3 is 2. The molecule has 0 aliphatic heterocycles. The molecule has 4 nitrogen and oxygen atoms in total. The van der Waals surface area contributed by atoms with Crippen molar-refractivity contribution in [3.63, 3.8) is 0 Å². The van der Waals surface area contributed by atoms with Gasteiger partial charge in [0.25, 0.3) is 0 Å². The molecule has 0 unspecified atom stereocenters. The lowest BCUT2D eigenvalue weighted by atomic mass is 10.0. The number of aromatic hydroxyl groups is 1. The highest BCUT2D eigenvalue weighted by Crippen LogP contribution is 2.34. The van der Waals surface area contributed by atoms with E-state index in [0.717, 1.165) is 19.3 Å². The smallest absolute Gasteiger partial charge is 0.170 e. The fourth-order valence-corrected chi connectivity index (χ4v) is 2.15. The first-order chi connectivity index (χ1) is 9.63. The summed E-state index contributed by atoms with van der Waals surface area (Å²) < 4.78 is 10.2. The normalized spacial score (nSPS) is 10.3. The van der Waals surface area contributed by atoms with Crippen molar-refractivity contribution in [2.24, 2.45) is 0 Å². The number of ether oxygens (including phenoxy) is 2. The lowest BCUT2D eigenvalue weighted by Gasteiger charge is -2.11. The molecular formula is C16H24O4. The molecule has 0 aromatic heterocycles. The van der Waals surface area contributed by atoms with Gasteiger partial charge in [0.2, 0.25) is 0 Å². The summed E-state index contributed by atoms with van der Waals surface area (Å²) in [5.74, 6) is 0.664. The van der Waals surface area contributed by atoms with E-state index in [9.17, 15) is 9.90 Å². The van der Waals surface area contributed by atoms with Crippen LogP contribution in [0.15, 0.2) is 12.1 Å². The Bertz CT molecular complexity index is 440. The third-order valence-electron chi connectivity index (χ3n) is 3.30. The van der Waals surface area contributed by atoms with Crippen molar-refractivity contribution in [2.75, 3.05) is 14.2 Å². The SMILES string of the molecule is CCCCCCCC(=O)c1c(O)cc(OC)cc1OC. The summed E-state index contributed by atoms with van der Waals surface area (Å²) in [4.78, 5) is 12.2. The number of rotatable bonds is 9. The van der Waals surface area contributed by atoms with E-state index in [4.69, 9.17) is 9.47 Å². The summed E-state index contributed by atoms with van der Waals surface area (Å²) >= 11 is 0. The van der Waals surface area contributed by atoms with Gasteiger partial charge in [-0.05, 0) is 6.42 Å². The standard InChI is InChI=1S/C16H24O4/c1-4-5-6-7-8-9-13(17)16-14(18)10-12(19-2)11-15(16)20-3/h10-11,18H,4-9H2,1-3H3. The minimum absolute atomic E-state index is 0.0836. The van der Waals surface area contributed by atoms with Crippen LogP contribution in [0.4, 0.5) is 0 Å². The van der Waals surface area contributed by atoms with Crippen LogP contribution in [-0.2, 0) is 0 Å². The van der Waals surface area contributed by atoms with Crippen LogP contribution < -0.4 is 9.47 Å². The molecule has 0 saturated carbocycles. The maximum Gasteiger partial charge on any atom is 0.170 e. The Morgan fingerprint density at radius 2 is 1.80 bits per heavy atom. The number of hydrogen-bond acceptors (Lipinski definition) is 4. The van der Waals surface area contributed by atoms with Crippen LogP contribution in [0, 0.1) is 0 Å². The van der Waals surface area contributed by atoms with Crippen LogP contribution in [0.2, 0.25) is 0 Å². The zero-order valence-electron chi connectivity index (χ0n) is 12.6. The van der Waals surface area contributed by atoms with Gasteiger partial charge < -0.3 is 14.6 Å². The zero-order valence-corrected chi connectivity index (χ0v) is 12.6. The van der Waals surface area contributed by atoms with Gasteiger partial charge in [-0.1, -0.05) is 32.6 Å². The van der Waals surface area contributed by atoms with Gasteiger partial charge >= 0.3 is 0 Å². The van der Waals surface area contributed by atoms with Gasteiger partial charge in [-0.2, -0.15) is 0 Å². The number of unbranched alkanes of at least 4 members (excludes halogenated alkanes) is 4. The molecule has 1 aromatic rings. The molecule has 112 valence electrons.